The molecule has 7 heteroatoms. The minimum atomic E-state index is -0.425. The van der Waals surface area contributed by atoms with Crippen molar-refractivity contribution in [3.05, 3.63) is 70.8 Å². The first kappa shape index (κ1) is 23.9. The van der Waals surface area contributed by atoms with E-state index in [9.17, 15) is 18.4 Å². The van der Waals surface area contributed by atoms with Crippen LogP contribution in [0.4, 0.5) is 8.78 Å². The molecule has 0 aromatic heterocycles. The molecule has 4 atom stereocenters. The number of benzene rings is 2. The lowest BCUT2D eigenvalue weighted by Crippen LogP contribution is -2.64. The zero-order chi connectivity index (χ0) is 24.8. The Hall–Kier alpha value is -2.80. The average molecular weight is 482 g/mol. The summed E-state index contributed by atoms with van der Waals surface area (Å²) in [5.41, 5.74) is 1.65. The molecule has 35 heavy (non-hydrogen) atoms. The maximum absolute atomic E-state index is 13.6. The van der Waals surface area contributed by atoms with E-state index in [1.54, 1.807) is 11.0 Å². The van der Waals surface area contributed by atoms with Crippen molar-refractivity contribution < 1.29 is 18.4 Å². The van der Waals surface area contributed by atoms with Crippen LogP contribution in [0.5, 0.6) is 0 Å². The van der Waals surface area contributed by atoms with Crippen LogP contribution in [0, 0.1) is 23.5 Å². The van der Waals surface area contributed by atoms with E-state index >= 15 is 0 Å². The van der Waals surface area contributed by atoms with Gasteiger partial charge in [-0.1, -0.05) is 13.0 Å². The predicted octanol–water partition coefficient (Wildman–Crippen LogP) is 4.55. The Morgan fingerprint density at radius 2 is 1.71 bits per heavy atom. The number of carbonyl (C=O) groups excluding carboxylic acids is 2. The van der Waals surface area contributed by atoms with E-state index in [0.717, 1.165) is 43.2 Å². The van der Waals surface area contributed by atoms with Gasteiger partial charge in [0, 0.05) is 29.7 Å². The summed E-state index contributed by atoms with van der Waals surface area (Å²) in [6, 6.07) is 10.3. The number of rotatable bonds is 5. The predicted molar refractivity (Wildman–Crippen MR) is 129 cm³/mol. The highest BCUT2D eigenvalue weighted by molar-refractivity contribution is 5.94. The summed E-state index contributed by atoms with van der Waals surface area (Å²) in [7, 11) is 0. The van der Waals surface area contributed by atoms with Gasteiger partial charge in [-0.15, -0.1) is 0 Å². The molecular weight excluding hydrogens is 448 g/mol. The van der Waals surface area contributed by atoms with Gasteiger partial charge in [-0.3, -0.25) is 9.59 Å². The van der Waals surface area contributed by atoms with Gasteiger partial charge in [0.15, 0.2) is 0 Å². The van der Waals surface area contributed by atoms with Gasteiger partial charge in [-0.25, -0.2) is 8.78 Å². The van der Waals surface area contributed by atoms with Crippen LogP contribution >= 0.6 is 0 Å². The molecule has 2 aromatic carbocycles. The van der Waals surface area contributed by atoms with Crippen molar-refractivity contribution in [2.75, 3.05) is 6.54 Å². The third-order valence-corrected chi connectivity index (χ3v) is 8.00. The third-order valence-electron chi connectivity index (χ3n) is 8.00. The minimum Gasteiger partial charge on any atom is -0.347 e. The van der Waals surface area contributed by atoms with Crippen LogP contribution < -0.4 is 10.6 Å². The summed E-state index contributed by atoms with van der Waals surface area (Å²) in [4.78, 5) is 27.8. The van der Waals surface area contributed by atoms with Crippen LogP contribution in [0.2, 0.25) is 0 Å². The van der Waals surface area contributed by atoms with Gasteiger partial charge in [0.05, 0.1) is 6.54 Å². The first-order valence-corrected chi connectivity index (χ1v) is 12.5. The Balaban J connectivity index is 1.26. The normalized spacial score (nSPS) is 29.5. The topological polar surface area (TPSA) is 61.4 Å². The standard InChI is InChI=1S/C28H33F2N3O2/c1-18-9-19-12-27(2,32-26(35)20-3-6-23(29)7-4-20)17-28(11-18,13-19)31-14-25(34)33-15-21-5-8-24(30)10-22(21)16-33/h3-8,10,18-19,31H,9,11-17H2,1-2H3,(H,32,35). The van der Waals surface area contributed by atoms with Crippen molar-refractivity contribution in [1.82, 2.24) is 15.5 Å². The number of hydrogen-bond acceptors (Lipinski definition) is 3. The second kappa shape index (κ2) is 9.01. The highest BCUT2D eigenvalue weighted by Gasteiger charge is 2.50. The molecule has 0 radical (unpaired) electrons. The van der Waals surface area contributed by atoms with Crippen molar-refractivity contribution in [3.63, 3.8) is 0 Å². The highest BCUT2D eigenvalue weighted by atomic mass is 19.1. The summed E-state index contributed by atoms with van der Waals surface area (Å²) in [5.74, 6) is 0.150. The van der Waals surface area contributed by atoms with E-state index in [2.05, 4.69) is 24.5 Å². The van der Waals surface area contributed by atoms with E-state index in [0.29, 0.717) is 30.5 Å². The molecule has 2 N–H and O–H groups in total. The molecule has 2 bridgehead atoms. The van der Waals surface area contributed by atoms with Gasteiger partial charge in [-0.05, 0) is 98.4 Å². The van der Waals surface area contributed by atoms with Crippen molar-refractivity contribution >= 4 is 11.8 Å². The number of carbonyl (C=O) groups is 2. The maximum Gasteiger partial charge on any atom is 0.251 e. The number of halogens is 2. The maximum atomic E-state index is 13.6. The van der Waals surface area contributed by atoms with Gasteiger partial charge in [-0.2, -0.15) is 0 Å². The molecule has 4 unspecified atom stereocenters. The summed E-state index contributed by atoms with van der Waals surface area (Å²) in [5, 5.41) is 6.85. The van der Waals surface area contributed by atoms with Gasteiger partial charge in [0.1, 0.15) is 11.6 Å². The average Bonchev–Trinajstić information content (AvgIpc) is 3.20. The van der Waals surface area contributed by atoms with Crippen LogP contribution in [0.25, 0.3) is 0 Å². The highest BCUT2D eigenvalue weighted by Crippen LogP contribution is 2.49. The Morgan fingerprint density at radius 3 is 2.49 bits per heavy atom. The van der Waals surface area contributed by atoms with Gasteiger partial charge < -0.3 is 15.5 Å². The molecule has 0 saturated heterocycles. The Bertz CT molecular complexity index is 1130. The van der Waals surface area contributed by atoms with Crippen molar-refractivity contribution in [3.8, 4) is 0 Å². The molecule has 1 aliphatic heterocycles. The van der Waals surface area contributed by atoms with Crippen molar-refractivity contribution in [1.29, 1.82) is 0 Å². The smallest absolute Gasteiger partial charge is 0.251 e. The molecule has 1 heterocycles. The molecule has 186 valence electrons. The third kappa shape index (κ3) is 5.10. The van der Waals surface area contributed by atoms with E-state index < -0.39 is 5.54 Å². The first-order valence-electron chi connectivity index (χ1n) is 12.5. The second-order valence-corrected chi connectivity index (χ2v) is 11.3. The molecule has 3 aliphatic rings. The largest absolute Gasteiger partial charge is 0.347 e. The van der Waals surface area contributed by atoms with Crippen LogP contribution in [0.3, 0.4) is 0 Å². The van der Waals surface area contributed by atoms with Crippen LogP contribution in [-0.2, 0) is 17.9 Å². The number of hydrogen-bond donors (Lipinski definition) is 2. The lowest BCUT2D eigenvalue weighted by Gasteiger charge is -2.55. The fraction of sp³-hybridized carbons (Fsp3) is 0.500. The number of nitrogens with zero attached hydrogens (tertiary/aromatic N) is 1. The molecule has 5 rings (SSSR count). The van der Waals surface area contributed by atoms with Gasteiger partial charge >= 0.3 is 0 Å². The Labute approximate surface area is 205 Å². The molecule has 0 spiro atoms. The fourth-order valence-corrected chi connectivity index (χ4v) is 6.96. The van der Waals surface area contributed by atoms with Gasteiger partial charge in [0.2, 0.25) is 5.91 Å². The number of nitrogens with one attached hydrogen (secondary N) is 2. The minimum absolute atomic E-state index is 0.00776. The van der Waals surface area contributed by atoms with E-state index in [4.69, 9.17) is 0 Å². The van der Waals surface area contributed by atoms with Crippen LogP contribution in [-0.4, -0.2) is 34.3 Å². The molecule has 2 aromatic rings. The summed E-state index contributed by atoms with van der Waals surface area (Å²) in [6.07, 6.45) is 4.65. The SMILES string of the molecule is CC1CC2CC(C)(NC(=O)c3ccc(F)cc3)CC(NCC(=O)N3Cc4ccc(F)cc4C3)(C1)C2. The molecule has 2 amide bonds. The summed E-state index contributed by atoms with van der Waals surface area (Å²) >= 11 is 0. The molecule has 2 saturated carbocycles. The monoisotopic (exact) mass is 481 g/mol. The zero-order valence-electron chi connectivity index (χ0n) is 20.4. The molecule has 2 aliphatic carbocycles. The zero-order valence-corrected chi connectivity index (χ0v) is 20.4. The first-order chi connectivity index (χ1) is 16.6. The van der Waals surface area contributed by atoms with Crippen LogP contribution in [0.15, 0.2) is 42.5 Å². The summed E-state index contributed by atoms with van der Waals surface area (Å²) < 4.78 is 26.9. The lowest BCUT2D eigenvalue weighted by molar-refractivity contribution is -0.131. The van der Waals surface area contributed by atoms with Crippen LogP contribution in [0.1, 0.15) is 67.4 Å². The Morgan fingerprint density at radius 1 is 1.00 bits per heavy atom. The van der Waals surface area contributed by atoms with E-state index in [1.807, 2.05) is 0 Å². The van der Waals surface area contributed by atoms with Gasteiger partial charge in [0.25, 0.3) is 5.91 Å². The quantitative estimate of drug-likeness (QED) is 0.659. The van der Waals surface area contributed by atoms with Crippen molar-refractivity contribution in [2.45, 2.75) is 70.1 Å². The molecule has 2 fully saturated rings. The number of amides is 2. The van der Waals surface area contributed by atoms with Crippen molar-refractivity contribution in [2.24, 2.45) is 11.8 Å². The number of fused-ring (bicyclic) bond motifs is 3. The Kier molecular flexibility index (Phi) is 6.16. The van der Waals surface area contributed by atoms with E-state index in [1.165, 1.54) is 36.4 Å². The molecular formula is C28H33F2N3O2. The molecule has 5 nitrogen and oxygen atoms in total. The second-order valence-electron chi connectivity index (χ2n) is 11.3. The summed E-state index contributed by atoms with van der Waals surface area (Å²) in [6.45, 7) is 5.51. The fourth-order valence-electron chi connectivity index (χ4n) is 6.96. The van der Waals surface area contributed by atoms with E-state index in [-0.39, 0.29) is 35.5 Å². The lowest BCUT2D eigenvalue weighted by atomic mass is 9.58.